The Labute approximate surface area is 149 Å². The third kappa shape index (κ3) is 3.10. The summed E-state index contributed by atoms with van der Waals surface area (Å²) in [7, 11) is 0. The Bertz CT molecular complexity index is 905. The number of carbonyl (C=O) groups is 1. The standard InChI is InChI=1S/C20H15FN2OS/c21-16-10-8-15(9-11-16)20(24)23-18(14-5-2-1-3-6-14)13-17(22-23)19-7-4-12-25-19/h1-12,18H,13H2. The highest BCUT2D eigenvalue weighted by Crippen LogP contribution is 2.34. The summed E-state index contributed by atoms with van der Waals surface area (Å²) >= 11 is 1.61. The SMILES string of the molecule is O=C(c1ccc(F)cc1)N1N=C(c2cccs2)CC1c1ccccc1. The van der Waals surface area contributed by atoms with E-state index in [9.17, 15) is 9.18 Å². The van der Waals surface area contributed by atoms with Gasteiger partial charge >= 0.3 is 0 Å². The summed E-state index contributed by atoms with van der Waals surface area (Å²) in [4.78, 5) is 14.0. The number of nitrogens with zero attached hydrogens (tertiary/aromatic N) is 2. The zero-order chi connectivity index (χ0) is 17.2. The van der Waals surface area contributed by atoms with Gasteiger partial charge in [0.1, 0.15) is 5.82 Å². The Kier molecular flexibility index (Phi) is 4.15. The van der Waals surface area contributed by atoms with E-state index in [0.717, 1.165) is 16.2 Å². The molecular weight excluding hydrogens is 335 g/mol. The molecule has 0 N–H and O–H groups in total. The molecule has 1 amide bonds. The van der Waals surface area contributed by atoms with Crippen molar-refractivity contribution in [3.63, 3.8) is 0 Å². The smallest absolute Gasteiger partial charge is 0.267 e. The summed E-state index contributed by atoms with van der Waals surface area (Å²) in [5, 5.41) is 8.13. The average Bonchev–Trinajstić information content (AvgIpc) is 3.32. The van der Waals surface area contributed by atoms with Gasteiger partial charge in [-0.05, 0) is 41.3 Å². The molecule has 1 aliphatic heterocycles. The molecule has 4 rings (SSSR count). The number of hydrazone groups is 1. The number of hydrogen-bond donors (Lipinski definition) is 0. The van der Waals surface area contributed by atoms with E-state index in [4.69, 9.17) is 0 Å². The summed E-state index contributed by atoms with van der Waals surface area (Å²) in [6.45, 7) is 0. The first-order valence-electron chi connectivity index (χ1n) is 7.98. The van der Waals surface area contributed by atoms with Crippen LogP contribution < -0.4 is 0 Å². The van der Waals surface area contributed by atoms with Crippen LogP contribution in [0.25, 0.3) is 0 Å². The molecule has 0 saturated heterocycles. The van der Waals surface area contributed by atoms with Gasteiger partial charge in [-0.15, -0.1) is 11.3 Å². The molecule has 2 heterocycles. The quantitative estimate of drug-likeness (QED) is 0.663. The minimum Gasteiger partial charge on any atom is -0.267 e. The Balaban J connectivity index is 1.71. The molecule has 1 aromatic heterocycles. The van der Waals surface area contributed by atoms with Gasteiger partial charge in [0.15, 0.2) is 0 Å². The molecule has 3 aromatic rings. The maximum atomic E-state index is 13.2. The van der Waals surface area contributed by atoms with Crippen LogP contribution in [0.3, 0.4) is 0 Å². The number of rotatable bonds is 3. The van der Waals surface area contributed by atoms with Crippen LogP contribution in [0.4, 0.5) is 4.39 Å². The monoisotopic (exact) mass is 350 g/mol. The molecule has 25 heavy (non-hydrogen) atoms. The Morgan fingerprint density at radius 3 is 2.48 bits per heavy atom. The summed E-state index contributed by atoms with van der Waals surface area (Å²) in [5.74, 6) is -0.583. The Hall–Kier alpha value is -2.79. The number of amides is 1. The first-order valence-corrected chi connectivity index (χ1v) is 8.86. The second-order valence-electron chi connectivity index (χ2n) is 5.81. The first-order chi connectivity index (χ1) is 12.2. The van der Waals surface area contributed by atoms with Crippen molar-refractivity contribution in [1.82, 2.24) is 5.01 Å². The van der Waals surface area contributed by atoms with E-state index < -0.39 is 0 Å². The van der Waals surface area contributed by atoms with Gasteiger partial charge in [0, 0.05) is 12.0 Å². The number of halogens is 1. The lowest BCUT2D eigenvalue weighted by atomic mass is 10.0. The average molecular weight is 350 g/mol. The highest BCUT2D eigenvalue weighted by Gasteiger charge is 2.33. The van der Waals surface area contributed by atoms with Gasteiger partial charge in [-0.25, -0.2) is 9.40 Å². The van der Waals surface area contributed by atoms with Crippen LogP contribution in [0.2, 0.25) is 0 Å². The fourth-order valence-electron chi connectivity index (χ4n) is 2.95. The molecule has 2 aromatic carbocycles. The van der Waals surface area contributed by atoms with Crippen molar-refractivity contribution in [3.05, 3.63) is 93.9 Å². The second kappa shape index (κ2) is 6.61. The number of thiophene rings is 1. The largest absolute Gasteiger partial charge is 0.274 e. The van der Waals surface area contributed by atoms with Crippen molar-refractivity contribution in [2.45, 2.75) is 12.5 Å². The van der Waals surface area contributed by atoms with E-state index in [1.165, 1.54) is 29.3 Å². The van der Waals surface area contributed by atoms with Gasteiger partial charge in [0.2, 0.25) is 0 Å². The second-order valence-corrected chi connectivity index (χ2v) is 6.76. The normalized spacial score (nSPS) is 16.8. The molecule has 0 spiro atoms. The zero-order valence-corrected chi connectivity index (χ0v) is 14.1. The van der Waals surface area contributed by atoms with Gasteiger partial charge in [-0.3, -0.25) is 4.79 Å². The van der Waals surface area contributed by atoms with E-state index in [1.54, 1.807) is 11.3 Å². The van der Waals surface area contributed by atoms with Crippen LogP contribution in [0, 0.1) is 5.82 Å². The fourth-order valence-corrected chi connectivity index (χ4v) is 3.67. The molecule has 1 unspecified atom stereocenters. The summed E-state index contributed by atoms with van der Waals surface area (Å²) in [5.41, 5.74) is 2.37. The van der Waals surface area contributed by atoms with Crippen molar-refractivity contribution in [3.8, 4) is 0 Å². The molecular formula is C20H15FN2OS. The predicted molar refractivity (Wildman–Crippen MR) is 97.2 cm³/mol. The van der Waals surface area contributed by atoms with Crippen molar-refractivity contribution >= 4 is 23.0 Å². The third-order valence-corrected chi connectivity index (χ3v) is 5.12. The maximum absolute atomic E-state index is 13.2. The van der Waals surface area contributed by atoms with Crippen molar-refractivity contribution in [2.24, 2.45) is 5.10 Å². The minimum atomic E-state index is -0.361. The van der Waals surface area contributed by atoms with Gasteiger partial charge in [-0.1, -0.05) is 36.4 Å². The van der Waals surface area contributed by atoms with Crippen LogP contribution in [0.1, 0.15) is 33.3 Å². The molecule has 0 aliphatic carbocycles. The predicted octanol–water partition coefficient (Wildman–Crippen LogP) is 4.88. The molecule has 124 valence electrons. The van der Waals surface area contributed by atoms with Crippen LogP contribution in [0.5, 0.6) is 0 Å². The van der Waals surface area contributed by atoms with Crippen LogP contribution in [0.15, 0.2) is 77.2 Å². The number of carbonyl (C=O) groups excluding carboxylic acids is 1. The van der Waals surface area contributed by atoms with Gasteiger partial charge in [0.25, 0.3) is 5.91 Å². The fraction of sp³-hybridized carbons (Fsp3) is 0.100. The molecule has 0 fully saturated rings. The van der Waals surface area contributed by atoms with E-state index in [1.807, 2.05) is 47.8 Å². The highest BCUT2D eigenvalue weighted by atomic mass is 32.1. The van der Waals surface area contributed by atoms with Gasteiger partial charge < -0.3 is 0 Å². The summed E-state index contributed by atoms with van der Waals surface area (Å²) in [6.07, 6.45) is 0.664. The van der Waals surface area contributed by atoms with E-state index >= 15 is 0 Å². The molecule has 1 aliphatic rings. The van der Waals surface area contributed by atoms with Crippen molar-refractivity contribution < 1.29 is 9.18 Å². The lowest BCUT2D eigenvalue weighted by molar-refractivity contribution is 0.0711. The molecule has 1 atom stereocenters. The maximum Gasteiger partial charge on any atom is 0.274 e. The Morgan fingerprint density at radius 1 is 1.04 bits per heavy atom. The van der Waals surface area contributed by atoms with Crippen molar-refractivity contribution in [1.29, 1.82) is 0 Å². The third-order valence-electron chi connectivity index (χ3n) is 4.20. The first kappa shape index (κ1) is 15.7. The van der Waals surface area contributed by atoms with E-state index in [0.29, 0.717) is 12.0 Å². The minimum absolute atomic E-state index is 0.157. The van der Waals surface area contributed by atoms with E-state index in [-0.39, 0.29) is 17.8 Å². The summed E-state index contributed by atoms with van der Waals surface area (Å²) in [6, 6.07) is 19.3. The van der Waals surface area contributed by atoms with E-state index in [2.05, 4.69) is 5.10 Å². The lowest BCUT2D eigenvalue weighted by Gasteiger charge is -2.22. The molecule has 0 bridgehead atoms. The van der Waals surface area contributed by atoms with Crippen molar-refractivity contribution in [2.75, 3.05) is 0 Å². The van der Waals surface area contributed by atoms with Gasteiger partial charge in [0.05, 0.1) is 16.6 Å². The number of hydrogen-bond acceptors (Lipinski definition) is 3. The van der Waals surface area contributed by atoms with Crippen LogP contribution in [-0.4, -0.2) is 16.6 Å². The summed E-state index contributed by atoms with van der Waals surface area (Å²) < 4.78 is 13.2. The Morgan fingerprint density at radius 2 is 1.80 bits per heavy atom. The molecule has 0 saturated carbocycles. The highest BCUT2D eigenvalue weighted by molar-refractivity contribution is 7.12. The zero-order valence-electron chi connectivity index (χ0n) is 13.3. The molecule has 5 heteroatoms. The molecule has 0 radical (unpaired) electrons. The van der Waals surface area contributed by atoms with Gasteiger partial charge in [-0.2, -0.15) is 5.10 Å². The van der Waals surface area contributed by atoms with Crippen LogP contribution >= 0.6 is 11.3 Å². The van der Waals surface area contributed by atoms with Crippen LogP contribution in [-0.2, 0) is 0 Å². The number of benzene rings is 2. The molecule has 3 nitrogen and oxygen atoms in total. The topological polar surface area (TPSA) is 32.7 Å². The lowest BCUT2D eigenvalue weighted by Crippen LogP contribution is -2.27.